The summed E-state index contributed by atoms with van der Waals surface area (Å²) in [5.41, 5.74) is 1.95. The summed E-state index contributed by atoms with van der Waals surface area (Å²) in [5.74, 6) is 0.746. The van der Waals surface area contributed by atoms with Gasteiger partial charge in [-0.1, -0.05) is 32.9 Å². The van der Waals surface area contributed by atoms with Gasteiger partial charge < -0.3 is 4.74 Å². The summed E-state index contributed by atoms with van der Waals surface area (Å²) < 4.78 is 35.3. The number of ether oxygens (including phenoxy) is 1. The van der Waals surface area contributed by atoms with Crippen LogP contribution in [0.15, 0.2) is 59.8 Å². The Morgan fingerprint density at radius 3 is 2.16 bits per heavy atom. The molecule has 0 amide bonds. The van der Waals surface area contributed by atoms with Gasteiger partial charge in [0.1, 0.15) is 18.2 Å². The Hall–Kier alpha value is -2.78. The van der Waals surface area contributed by atoms with Crippen LogP contribution in [0.25, 0.3) is 5.69 Å². The minimum absolute atomic E-state index is 0.0116. The molecule has 1 saturated heterocycles. The van der Waals surface area contributed by atoms with Gasteiger partial charge in [-0.15, -0.1) is 5.10 Å². The normalized spacial score (nSPS) is 16.4. The van der Waals surface area contributed by atoms with Gasteiger partial charge in [-0.2, -0.15) is 4.31 Å². The number of sulfonamides is 1. The Balaban J connectivity index is 1.35. The number of tetrazole rings is 1. The summed E-state index contributed by atoms with van der Waals surface area (Å²) in [5, 5.41) is 11.1. The van der Waals surface area contributed by atoms with Crippen molar-refractivity contribution in [1.82, 2.24) is 24.5 Å². The molecule has 0 atom stereocenters. The van der Waals surface area contributed by atoms with Gasteiger partial charge >= 0.3 is 0 Å². The van der Waals surface area contributed by atoms with E-state index >= 15 is 0 Å². The lowest BCUT2D eigenvalue weighted by atomic mass is 9.87. The van der Waals surface area contributed by atoms with E-state index in [1.54, 1.807) is 21.1 Å². The molecule has 3 aromatic rings. The van der Waals surface area contributed by atoms with Crippen LogP contribution < -0.4 is 4.74 Å². The molecule has 4 rings (SSSR count). The van der Waals surface area contributed by atoms with Crippen molar-refractivity contribution >= 4 is 10.0 Å². The molecule has 0 spiro atoms. The molecule has 0 N–H and O–H groups in total. The van der Waals surface area contributed by atoms with Gasteiger partial charge in [0.2, 0.25) is 10.0 Å². The Bertz CT molecular complexity index is 1100. The first-order valence-electron chi connectivity index (χ1n) is 10.3. The molecule has 1 fully saturated rings. The Labute approximate surface area is 182 Å². The number of hydrogen-bond donors (Lipinski definition) is 0. The predicted octanol–water partition coefficient (Wildman–Crippen LogP) is 3.19. The van der Waals surface area contributed by atoms with Crippen LogP contribution in [0.2, 0.25) is 0 Å². The maximum atomic E-state index is 13.0. The second-order valence-electron chi connectivity index (χ2n) is 8.74. The highest BCUT2D eigenvalue weighted by Gasteiger charge is 2.30. The lowest BCUT2D eigenvalue weighted by molar-refractivity contribution is 0.135. The van der Waals surface area contributed by atoms with E-state index in [4.69, 9.17) is 4.74 Å². The van der Waals surface area contributed by atoms with E-state index in [0.717, 1.165) is 17.0 Å². The molecule has 0 bridgehead atoms. The fraction of sp³-hybridized carbons (Fsp3) is 0.409. The number of benzene rings is 2. The molecule has 0 saturated carbocycles. The molecule has 0 aliphatic carbocycles. The molecule has 1 aliphatic rings. The van der Waals surface area contributed by atoms with E-state index in [1.165, 1.54) is 6.33 Å². The molecule has 1 aromatic heterocycles. The van der Waals surface area contributed by atoms with Crippen molar-refractivity contribution in [3.63, 3.8) is 0 Å². The van der Waals surface area contributed by atoms with Gasteiger partial charge in [0.05, 0.1) is 10.6 Å². The lowest BCUT2D eigenvalue weighted by Crippen LogP contribution is -2.41. The summed E-state index contributed by atoms with van der Waals surface area (Å²) in [7, 11) is -3.50. The highest BCUT2D eigenvalue weighted by molar-refractivity contribution is 7.89. The summed E-state index contributed by atoms with van der Waals surface area (Å²) in [6.45, 7) is 7.22. The third kappa shape index (κ3) is 4.77. The van der Waals surface area contributed by atoms with E-state index in [2.05, 4.69) is 36.3 Å². The molecule has 1 aliphatic heterocycles. The van der Waals surface area contributed by atoms with Crippen LogP contribution in [0.5, 0.6) is 5.75 Å². The molecule has 0 radical (unpaired) electrons. The first-order valence-corrected chi connectivity index (χ1v) is 11.8. The summed E-state index contributed by atoms with van der Waals surface area (Å²) in [4.78, 5) is 0.345. The number of aromatic nitrogens is 4. The van der Waals surface area contributed by atoms with E-state index in [9.17, 15) is 8.42 Å². The fourth-order valence-electron chi connectivity index (χ4n) is 3.62. The van der Waals surface area contributed by atoms with Crippen LogP contribution in [-0.2, 0) is 15.4 Å². The zero-order valence-corrected chi connectivity index (χ0v) is 18.8. The van der Waals surface area contributed by atoms with E-state index in [0.29, 0.717) is 30.8 Å². The van der Waals surface area contributed by atoms with Crippen molar-refractivity contribution in [2.45, 2.75) is 50.0 Å². The highest BCUT2D eigenvalue weighted by atomic mass is 32.2. The first-order chi connectivity index (χ1) is 14.7. The summed E-state index contributed by atoms with van der Waals surface area (Å²) in [6, 6.07) is 14.7. The zero-order valence-electron chi connectivity index (χ0n) is 18.0. The topological polar surface area (TPSA) is 90.2 Å². The predicted molar refractivity (Wildman–Crippen MR) is 117 cm³/mol. The highest BCUT2D eigenvalue weighted by Crippen LogP contribution is 2.27. The SMILES string of the molecule is CC(C)(C)c1ccc(S(=O)(=O)N2CCC(Oc3ccc(-n4cnnn4)cc3)CC2)cc1. The van der Waals surface area contributed by atoms with Crippen molar-refractivity contribution in [3.05, 3.63) is 60.4 Å². The molecule has 2 heterocycles. The number of rotatable bonds is 5. The fourth-order valence-corrected chi connectivity index (χ4v) is 5.09. The van der Waals surface area contributed by atoms with E-state index in [-0.39, 0.29) is 11.5 Å². The molecule has 0 unspecified atom stereocenters. The number of hydrogen-bond acceptors (Lipinski definition) is 6. The molecule has 9 heteroatoms. The van der Waals surface area contributed by atoms with Crippen molar-refractivity contribution in [2.24, 2.45) is 0 Å². The number of nitrogens with zero attached hydrogens (tertiary/aromatic N) is 5. The van der Waals surface area contributed by atoms with Gasteiger partial charge in [0.25, 0.3) is 0 Å². The van der Waals surface area contributed by atoms with Crippen LogP contribution in [0.3, 0.4) is 0 Å². The third-order valence-corrected chi connectivity index (χ3v) is 7.42. The third-order valence-electron chi connectivity index (χ3n) is 5.51. The van der Waals surface area contributed by atoms with Gasteiger partial charge in [-0.3, -0.25) is 0 Å². The summed E-state index contributed by atoms with van der Waals surface area (Å²) >= 11 is 0. The van der Waals surface area contributed by atoms with Crippen molar-refractivity contribution in [1.29, 1.82) is 0 Å². The Morgan fingerprint density at radius 1 is 0.968 bits per heavy atom. The minimum Gasteiger partial charge on any atom is -0.490 e. The second kappa shape index (κ2) is 8.39. The lowest BCUT2D eigenvalue weighted by Gasteiger charge is -2.31. The quantitative estimate of drug-likeness (QED) is 0.604. The molecular weight excluding hydrogens is 414 g/mol. The minimum atomic E-state index is -3.50. The van der Waals surface area contributed by atoms with Crippen LogP contribution in [-0.4, -0.2) is 52.1 Å². The van der Waals surface area contributed by atoms with Crippen LogP contribution in [0, 0.1) is 0 Å². The molecule has 31 heavy (non-hydrogen) atoms. The van der Waals surface area contributed by atoms with Gasteiger partial charge in [-0.25, -0.2) is 13.1 Å². The van der Waals surface area contributed by atoms with Crippen LogP contribution in [0.4, 0.5) is 0 Å². The van der Waals surface area contributed by atoms with Crippen LogP contribution in [0.1, 0.15) is 39.2 Å². The average Bonchev–Trinajstić information content (AvgIpc) is 3.29. The average molecular weight is 442 g/mol. The summed E-state index contributed by atoms with van der Waals surface area (Å²) in [6.07, 6.45) is 2.80. The Morgan fingerprint density at radius 2 is 1.61 bits per heavy atom. The monoisotopic (exact) mass is 441 g/mol. The molecule has 8 nitrogen and oxygen atoms in total. The first kappa shape index (κ1) is 21.5. The van der Waals surface area contributed by atoms with Gasteiger partial charge in [0.15, 0.2) is 0 Å². The van der Waals surface area contributed by atoms with Gasteiger partial charge in [0, 0.05) is 13.1 Å². The zero-order chi connectivity index (χ0) is 22.1. The molecule has 2 aromatic carbocycles. The number of piperidine rings is 1. The van der Waals surface area contributed by atoms with Crippen molar-refractivity contribution in [2.75, 3.05) is 13.1 Å². The molecule has 164 valence electrons. The van der Waals surface area contributed by atoms with E-state index < -0.39 is 10.0 Å². The van der Waals surface area contributed by atoms with Crippen LogP contribution >= 0.6 is 0 Å². The van der Waals surface area contributed by atoms with E-state index in [1.807, 2.05) is 36.4 Å². The maximum absolute atomic E-state index is 13.0. The van der Waals surface area contributed by atoms with Crippen molar-refractivity contribution < 1.29 is 13.2 Å². The second-order valence-corrected chi connectivity index (χ2v) is 10.7. The molecular formula is C22H27N5O3S. The smallest absolute Gasteiger partial charge is 0.243 e. The van der Waals surface area contributed by atoms with Crippen molar-refractivity contribution in [3.8, 4) is 11.4 Å². The largest absolute Gasteiger partial charge is 0.490 e. The maximum Gasteiger partial charge on any atom is 0.243 e. The Kier molecular flexibility index (Phi) is 5.81. The van der Waals surface area contributed by atoms with Gasteiger partial charge in [-0.05, 0) is 70.6 Å². The standard InChI is InChI=1S/C22H27N5O3S/c1-22(2,3)17-4-10-21(11-5-17)31(28,29)26-14-12-20(13-15-26)30-19-8-6-18(7-9-19)27-16-23-24-25-27/h4-11,16,20H,12-15H2,1-3H3.